The van der Waals surface area contributed by atoms with Crippen LogP contribution >= 0.6 is 0 Å². The van der Waals surface area contributed by atoms with Crippen molar-refractivity contribution in [2.75, 3.05) is 18.1 Å². The molecule has 0 atom stereocenters. The zero-order valence-electron chi connectivity index (χ0n) is 8.16. The van der Waals surface area contributed by atoms with E-state index in [4.69, 9.17) is 5.73 Å². The number of rotatable bonds is 2. The van der Waals surface area contributed by atoms with E-state index in [9.17, 15) is 4.91 Å². The minimum atomic E-state index is 0.349. The second-order valence-electron chi connectivity index (χ2n) is 2.11. The molecule has 4 nitrogen and oxygen atoms in total. The van der Waals surface area contributed by atoms with Crippen LogP contribution in [-0.4, -0.2) is 7.05 Å². The lowest BCUT2D eigenvalue weighted by molar-refractivity contribution is 1.46. The molecule has 13 heavy (non-hydrogen) atoms. The van der Waals surface area contributed by atoms with E-state index in [1.54, 1.807) is 19.2 Å². The van der Waals surface area contributed by atoms with Crippen molar-refractivity contribution >= 4 is 17.1 Å². The summed E-state index contributed by atoms with van der Waals surface area (Å²) < 4.78 is 0. The number of nitrogens with two attached hydrogens (primary N) is 1. The highest BCUT2D eigenvalue weighted by atomic mass is 16.3. The van der Waals surface area contributed by atoms with E-state index in [1.807, 2.05) is 13.8 Å². The Morgan fingerprint density at radius 3 is 2.38 bits per heavy atom. The molecule has 3 N–H and O–H groups in total. The number of anilines is 2. The van der Waals surface area contributed by atoms with E-state index in [2.05, 4.69) is 10.5 Å². The van der Waals surface area contributed by atoms with Gasteiger partial charge in [0.25, 0.3) is 0 Å². The molecule has 72 valence electrons. The summed E-state index contributed by atoms with van der Waals surface area (Å²) in [6, 6.07) is 4.85. The molecule has 0 aromatic heterocycles. The smallest absolute Gasteiger partial charge is 0.110 e. The van der Waals surface area contributed by atoms with E-state index in [-0.39, 0.29) is 0 Å². The standard InChI is InChI=1S/C7H9N3O.C2H6/c1-9-7-3-2-5(10-11)4-6(7)8;1-2/h2-4,9H,8H2,1H3;1-2H3. The topological polar surface area (TPSA) is 67.5 Å². The van der Waals surface area contributed by atoms with Crippen LogP contribution in [0.3, 0.4) is 0 Å². The number of benzene rings is 1. The van der Waals surface area contributed by atoms with Gasteiger partial charge < -0.3 is 11.1 Å². The largest absolute Gasteiger partial charge is 0.397 e. The van der Waals surface area contributed by atoms with Crippen molar-refractivity contribution in [2.24, 2.45) is 5.18 Å². The maximum absolute atomic E-state index is 10.0. The van der Waals surface area contributed by atoms with Gasteiger partial charge in [-0.3, -0.25) is 0 Å². The average Bonchev–Trinajstić information content (AvgIpc) is 2.20. The van der Waals surface area contributed by atoms with Crippen LogP contribution in [0.25, 0.3) is 0 Å². The fraction of sp³-hybridized carbons (Fsp3) is 0.333. The van der Waals surface area contributed by atoms with E-state index < -0.39 is 0 Å². The van der Waals surface area contributed by atoms with Crippen molar-refractivity contribution in [1.29, 1.82) is 0 Å². The second kappa shape index (κ2) is 5.99. The number of nitrogen functional groups attached to an aromatic ring is 1. The van der Waals surface area contributed by atoms with Gasteiger partial charge in [0, 0.05) is 7.05 Å². The highest BCUT2D eigenvalue weighted by molar-refractivity contribution is 5.70. The maximum Gasteiger partial charge on any atom is 0.110 e. The first-order valence-corrected chi connectivity index (χ1v) is 4.18. The summed E-state index contributed by atoms with van der Waals surface area (Å²) in [6.07, 6.45) is 0. The van der Waals surface area contributed by atoms with Crippen LogP contribution in [0, 0.1) is 4.91 Å². The number of nitrogens with zero attached hydrogens (tertiary/aromatic N) is 1. The molecule has 4 heteroatoms. The maximum atomic E-state index is 10.0. The van der Waals surface area contributed by atoms with Crippen molar-refractivity contribution in [3.8, 4) is 0 Å². The van der Waals surface area contributed by atoms with Crippen LogP contribution in [0.15, 0.2) is 23.4 Å². The molecule has 0 amide bonds. The molecule has 0 heterocycles. The quantitative estimate of drug-likeness (QED) is 0.544. The Bertz CT molecular complexity index is 274. The van der Waals surface area contributed by atoms with Gasteiger partial charge in [-0.05, 0) is 23.4 Å². The van der Waals surface area contributed by atoms with Crippen LogP contribution < -0.4 is 11.1 Å². The molecule has 0 spiro atoms. The Morgan fingerprint density at radius 2 is 2.00 bits per heavy atom. The van der Waals surface area contributed by atoms with Crippen LogP contribution in [-0.2, 0) is 0 Å². The predicted octanol–water partition coefficient (Wildman–Crippen LogP) is 2.73. The Kier molecular flexibility index (Phi) is 5.27. The van der Waals surface area contributed by atoms with Gasteiger partial charge in [-0.2, -0.15) is 0 Å². The van der Waals surface area contributed by atoms with Gasteiger partial charge in [0.2, 0.25) is 0 Å². The Hall–Kier alpha value is -1.58. The normalized spacial score (nSPS) is 8.23. The fourth-order valence-electron chi connectivity index (χ4n) is 0.835. The van der Waals surface area contributed by atoms with Gasteiger partial charge in [0.05, 0.1) is 11.4 Å². The number of hydrogen-bond acceptors (Lipinski definition) is 4. The highest BCUT2D eigenvalue weighted by Gasteiger charge is 1.97. The van der Waals surface area contributed by atoms with Crippen molar-refractivity contribution in [1.82, 2.24) is 0 Å². The van der Waals surface area contributed by atoms with Crippen LogP contribution in [0.4, 0.5) is 17.1 Å². The molecular formula is C9H15N3O. The first kappa shape index (κ1) is 11.4. The van der Waals surface area contributed by atoms with Crippen molar-refractivity contribution < 1.29 is 0 Å². The van der Waals surface area contributed by atoms with E-state index in [0.717, 1.165) is 5.69 Å². The fourth-order valence-corrected chi connectivity index (χ4v) is 0.835. The third-order valence-corrected chi connectivity index (χ3v) is 1.41. The Morgan fingerprint density at radius 1 is 1.38 bits per heavy atom. The first-order valence-electron chi connectivity index (χ1n) is 4.18. The molecule has 0 bridgehead atoms. The zero-order valence-corrected chi connectivity index (χ0v) is 8.16. The van der Waals surface area contributed by atoms with Gasteiger partial charge in [-0.1, -0.05) is 13.8 Å². The lowest BCUT2D eigenvalue weighted by Crippen LogP contribution is -1.94. The Labute approximate surface area is 78.1 Å². The Balaban J connectivity index is 0.000000671. The molecule has 1 aromatic carbocycles. The van der Waals surface area contributed by atoms with Gasteiger partial charge >= 0.3 is 0 Å². The van der Waals surface area contributed by atoms with Crippen molar-refractivity contribution in [2.45, 2.75) is 13.8 Å². The molecular weight excluding hydrogens is 166 g/mol. The third-order valence-electron chi connectivity index (χ3n) is 1.41. The molecule has 0 saturated heterocycles. The predicted molar refractivity (Wildman–Crippen MR) is 57.2 cm³/mol. The van der Waals surface area contributed by atoms with E-state index >= 15 is 0 Å². The second-order valence-corrected chi connectivity index (χ2v) is 2.11. The van der Waals surface area contributed by atoms with Crippen molar-refractivity contribution in [3.63, 3.8) is 0 Å². The molecule has 0 saturated carbocycles. The molecule has 0 aliphatic rings. The molecule has 0 aliphatic heterocycles. The van der Waals surface area contributed by atoms with Crippen LogP contribution in [0.2, 0.25) is 0 Å². The summed E-state index contributed by atoms with van der Waals surface area (Å²) in [5.74, 6) is 0. The van der Waals surface area contributed by atoms with E-state index in [1.165, 1.54) is 6.07 Å². The van der Waals surface area contributed by atoms with Crippen molar-refractivity contribution in [3.05, 3.63) is 23.1 Å². The molecule has 0 fully saturated rings. The van der Waals surface area contributed by atoms with Gasteiger partial charge in [0.1, 0.15) is 5.69 Å². The van der Waals surface area contributed by atoms with E-state index in [0.29, 0.717) is 11.4 Å². The zero-order chi connectivity index (χ0) is 10.3. The first-order chi connectivity index (χ1) is 6.27. The number of hydrogen-bond donors (Lipinski definition) is 2. The minimum absolute atomic E-state index is 0.349. The monoisotopic (exact) mass is 181 g/mol. The van der Waals surface area contributed by atoms with Crippen LogP contribution in [0.1, 0.15) is 13.8 Å². The summed E-state index contributed by atoms with van der Waals surface area (Å²) in [4.78, 5) is 10.0. The number of nitroso groups, excluding NO2 is 1. The SMILES string of the molecule is CC.CNc1ccc(N=O)cc1N. The lowest BCUT2D eigenvalue weighted by atomic mass is 10.2. The van der Waals surface area contributed by atoms with Gasteiger partial charge in [-0.25, -0.2) is 0 Å². The molecule has 0 aliphatic carbocycles. The third kappa shape index (κ3) is 3.11. The summed E-state index contributed by atoms with van der Waals surface area (Å²) in [5.41, 5.74) is 7.23. The summed E-state index contributed by atoms with van der Waals surface area (Å²) in [7, 11) is 1.76. The average molecular weight is 181 g/mol. The van der Waals surface area contributed by atoms with Crippen LogP contribution in [0.5, 0.6) is 0 Å². The highest BCUT2D eigenvalue weighted by Crippen LogP contribution is 2.23. The molecule has 0 unspecified atom stereocenters. The van der Waals surface area contributed by atoms with Gasteiger partial charge in [-0.15, -0.1) is 4.91 Å². The number of nitrogens with one attached hydrogen (secondary N) is 1. The lowest BCUT2D eigenvalue weighted by Gasteiger charge is -2.02. The minimum Gasteiger partial charge on any atom is -0.397 e. The summed E-state index contributed by atoms with van der Waals surface area (Å²) in [6.45, 7) is 4.00. The summed E-state index contributed by atoms with van der Waals surface area (Å²) >= 11 is 0. The van der Waals surface area contributed by atoms with Gasteiger partial charge in [0.15, 0.2) is 0 Å². The molecule has 0 radical (unpaired) electrons. The molecule has 1 aromatic rings. The summed E-state index contributed by atoms with van der Waals surface area (Å²) in [5, 5.41) is 5.63. The molecule has 1 rings (SSSR count).